The molecule has 0 spiro atoms. The zero-order valence-electron chi connectivity index (χ0n) is 16.9. The Labute approximate surface area is 177 Å². The van der Waals surface area contributed by atoms with Gasteiger partial charge in [0.05, 0.1) is 18.7 Å². The van der Waals surface area contributed by atoms with Crippen molar-refractivity contribution in [3.05, 3.63) is 59.1 Å². The van der Waals surface area contributed by atoms with Crippen LogP contribution in [-0.2, 0) is 25.7 Å². The van der Waals surface area contributed by atoms with Gasteiger partial charge in [0.25, 0.3) is 5.91 Å². The van der Waals surface area contributed by atoms with Crippen LogP contribution in [0.5, 0.6) is 0 Å². The highest BCUT2D eigenvalue weighted by Crippen LogP contribution is 2.13. The average molecular weight is 424 g/mol. The van der Waals surface area contributed by atoms with Crippen LogP contribution in [0.15, 0.2) is 46.4 Å². The summed E-state index contributed by atoms with van der Waals surface area (Å²) < 4.78 is 10.3. The number of anilines is 1. The van der Waals surface area contributed by atoms with E-state index in [1.807, 2.05) is 0 Å². The van der Waals surface area contributed by atoms with Crippen LogP contribution in [0, 0.1) is 11.3 Å². The molecular weight excluding hydrogens is 404 g/mol. The molecule has 0 aliphatic carbocycles. The van der Waals surface area contributed by atoms with Crippen molar-refractivity contribution >= 4 is 35.5 Å². The number of carbonyl (C=O) groups excluding carboxylic acids is 4. The molecule has 0 unspecified atom stereocenters. The first-order chi connectivity index (χ1) is 14.9. The predicted molar refractivity (Wildman–Crippen MR) is 109 cm³/mol. The van der Waals surface area contributed by atoms with Gasteiger partial charge in [-0.2, -0.15) is 5.26 Å². The lowest BCUT2D eigenvalue weighted by Crippen LogP contribution is -2.34. The minimum absolute atomic E-state index is 0.0796. The van der Waals surface area contributed by atoms with Gasteiger partial charge in [-0.25, -0.2) is 4.79 Å². The number of esters is 1. The predicted octanol–water partition coefficient (Wildman–Crippen LogP) is 1.36. The molecule has 1 aromatic heterocycles. The number of nitrogens with one attached hydrogen (secondary N) is 3. The Morgan fingerprint density at radius 3 is 2.39 bits per heavy atom. The van der Waals surface area contributed by atoms with Crippen LogP contribution in [0.1, 0.15) is 28.8 Å². The zero-order chi connectivity index (χ0) is 22.8. The largest absolute Gasteiger partial charge is 0.462 e. The minimum Gasteiger partial charge on any atom is -0.462 e. The fourth-order valence-electron chi connectivity index (χ4n) is 2.33. The fourth-order valence-corrected chi connectivity index (χ4v) is 2.33. The molecule has 1 aromatic carbocycles. The number of carbonyl (C=O) groups is 4. The number of furan rings is 1. The number of hydrogen-bond donors (Lipinski definition) is 3. The first-order valence-electron chi connectivity index (χ1n) is 9.16. The summed E-state index contributed by atoms with van der Waals surface area (Å²) in [7, 11) is 1.40. The summed E-state index contributed by atoms with van der Waals surface area (Å²) in [5.74, 6) is -2.27. The lowest BCUT2D eigenvalue weighted by atomic mass is 10.2. The van der Waals surface area contributed by atoms with E-state index in [9.17, 15) is 19.2 Å². The van der Waals surface area contributed by atoms with Gasteiger partial charge in [-0.3, -0.25) is 14.4 Å². The Kier molecular flexibility index (Phi) is 8.10. The van der Waals surface area contributed by atoms with Gasteiger partial charge >= 0.3 is 17.8 Å². The summed E-state index contributed by atoms with van der Waals surface area (Å²) in [6.07, 6.45) is 1.26. The maximum absolute atomic E-state index is 12.0. The molecule has 31 heavy (non-hydrogen) atoms. The summed E-state index contributed by atoms with van der Waals surface area (Å²) in [5, 5.41) is 16.1. The van der Waals surface area contributed by atoms with E-state index in [0.29, 0.717) is 17.0 Å². The van der Waals surface area contributed by atoms with E-state index >= 15 is 0 Å². The van der Waals surface area contributed by atoms with Crippen molar-refractivity contribution in [1.82, 2.24) is 10.6 Å². The number of likely N-dealkylation sites (N-methyl/N-ethyl adjacent to an activating group) is 1. The van der Waals surface area contributed by atoms with Crippen LogP contribution in [0.3, 0.4) is 0 Å². The normalized spacial score (nSPS) is 10.5. The highest BCUT2D eigenvalue weighted by atomic mass is 16.5. The smallest absolute Gasteiger partial charge is 0.338 e. The third-order valence-corrected chi connectivity index (χ3v) is 3.84. The maximum Gasteiger partial charge on any atom is 0.338 e. The molecule has 3 amide bonds. The van der Waals surface area contributed by atoms with Crippen molar-refractivity contribution in [3.8, 4) is 6.07 Å². The standard InChI is InChI=1S/C21H20N4O6/c1-3-30-21(29)13-4-6-15(7-5-13)25-20(28)19(27)24-12-17-9-8-16(31-17)10-14(11-22)18(26)23-2/h4-10H,3,12H2,1-2H3,(H,23,26)(H,24,27)(H,25,28)/b14-10-. The van der Waals surface area contributed by atoms with Gasteiger partial charge < -0.3 is 25.1 Å². The van der Waals surface area contributed by atoms with Gasteiger partial charge in [0.2, 0.25) is 0 Å². The Morgan fingerprint density at radius 1 is 1.06 bits per heavy atom. The van der Waals surface area contributed by atoms with Crippen LogP contribution < -0.4 is 16.0 Å². The number of nitrogens with zero attached hydrogens (tertiary/aromatic N) is 1. The Bertz CT molecular complexity index is 1050. The Morgan fingerprint density at radius 2 is 1.77 bits per heavy atom. The van der Waals surface area contributed by atoms with Crippen molar-refractivity contribution in [2.24, 2.45) is 0 Å². The van der Waals surface area contributed by atoms with Crippen molar-refractivity contribution in [2.75, 3.05) is 19.0 Å². The Hall–Kier alpha value is -4.39. The van der Waals surface area contributed by atoms with E-state index in [2.05, 4.69) is 16.0 Å². The molecule has 160 valence electrons. The van der Waals surface area contributed by atoms with Crippen molar-refractivity contribution in [2.45, 2.75) is 13.5 Å². The molecule has 0 atom stereocenters. The van der Waals surface area contributed by atoms with Crippen LogP contribution in [-0.4, -0.2) is 37.3 Å². The van der Waals surface area contributed by atoms with E-state index in [1.54, 1.807) is 13.0 Å². The molecule has 10 heteroatoms. The molecule has 0 aliphatic rings. The fraction of sp³-hybridized carbons (Fsp3) is 0.190. The summed E-state index contributed by atoms with van der Waals surface area (Å²) in [6.45, 7) is 1.86. The molecule has 0 fully saturated rings. The number of amides is 3. The first-order valence-corrected chi connectivity index (χ1v) is 9.16. The summed E-state index contributed by atoms with van der Waals surface area (Å²) in [5.41, 5.74) is 0.514. The van der Waals surface area contributed by atoms with Gasteiger partial charge in [-0.1, -0.05) is 0 Å². The van der Waals surface area contributed by atoms with Crippen molar-refractivity contribution in [3.63, 3.8) is 0 Å². The lowest BCUT2D eigenvalue weighted by molar-refractivity contribution is -0.136. The maximum atomic E-state index is 12.0. The summed E-state index contributed by atoms with van der Waals surface area (Å²) >= 11 is 0. The summed E-state index contributed by atoms with van der Waals surface area (Å²) in [6, 6.07) is 10.7. The SMILES string of the molecule is CCOC(=O)c1ccc(NC(=O)C(=O)NCc2ccc(/C=C(/C#N)C(=O)NC)o2)cc1. The third kappa shape index (κ3) is 6.57. The summed E-state index contributed by atoms with van der Waals surface area (Å²) in [4.78, 5) is 47.1. The number of ether oxygens (including phenoxy) is 1. The van der Waals surface area contributed by atoms with E-state index in [-0.39, 0.29) is 24.5 Å². The quantitative estimate of drug-likeness (QED) is 0.263. The molecule has 0 bridgehead atoms. The molecule has 1 heterocycles. The molecule has 0 aliphatic heterocycles. The van der Waals surface area contributed by atoms with Gasteiger partial charge in [0.15, 0.2) is 0 Å². The highest BCUT2D eigenvalue weighted by molar-refractivity contribution is 6.39. The van der Waals surface area contributed by atoms with Gasteiger partial charge in [0, 0.05) is 18.8 Å². The second-order valence-corrected chi connectivity index (χ2v) is 5.99. The third-order valence-electron chi connectivity index (χ3n) is 3.84. The molecule has 2 rings (SSSR count). The van der Waals surface area contributed by atoms with Crippen molar-refractivity contribution < 1.29 is 28.3 Å². The van der Waals surface area contributed by atoms with E-state index < -0.39 is 23.7 Å². The van der Waals surface area contributed by atoms with Gasteiger partial charge in [-0.15, -0.1) is 0 Å². The molecule has 0 saturated heterocycles. The molecule has 10 nitrogen and oxygen atoms in total. The molecule has 0 saturated carbocycles. The topological polar surface area (TPSA) is 151 Å². The minimum atomic E-state index is -0.901. The number of hydrogen-bond acceptors (Lipinski definition) is 7. The van der Waals surface area contributed by atoms with Gasteiger partial charge in [0.1, 0.15) is 23.2 Å². The van der Waals surface area contributed by atoms with Crippen LogP contribution >= 0.6 is 0 Å². The zero-order valence-corrected chi connectivity index (χ0v) is 16.9. The molecule has 0 radical (unpaired) electrons. The Balaban J connectivity index is 1.90. The highest BCUT2D eigenvalue weighted by Gasteiger charge is 2.15. The average Bonchev–Trinajstić information content (AvgIpc) is 3.23. The molecule has 2 aromatic rings. The number of rotatable bonds is 7. The van der Waals surface area contributed by atoms with E-state index in [4.69, 9.17) is 14.4 Å². The van der Waals surface area contributed by atoms with Crippen LogP contribution in [0.25, 0.3) is 6.08 Å². The van der Waals surface area contributed by atoms with Crippen LogP contribution in [0.4, 0.5) is 5.69 Å². The first kappa shape index (κ1) is 22.9. The number of benzene rings is 1. The monoisotopic (exact) mass is 424 g/mol. The lowest BCUT2D eigenvalue weighted by Gasteiger charge is -2.07. The second kappa shape index (κ2) is 11.0. The van der Waals surface area contributed by atoms with E-state index in [0.717, 1.165) is 0 Å². The van der Waals surface area contributed by atoms with E-state index in [1.165, 1.54) is 49.5 Å². The van der Waals surface area contributed by atoms with Crippen LogP contribution in [0.2, 0.25) is 0 Å². The van der Waals surface area contributed by atoms with Gasteiger partial charge in [-0.05, 0) is 43.3 Å². The van der Waals surface area contributed by atoms with Crippen molar-refractivity contribution in [1.29, 1.82) is 5.26 Å². The molecular formula is C21H20N4O6. The molecule has 3 N–H and O–H groups in total. The second-order valence-electron chi connectivity index (χ2n) is 5.99. The number of nitriles is 1.